The Morgan fingerprint density at radius 2 is 1.60 bits per heavy atom. The second kappa shape index (κ2) is 6.15. The van der Waals surface area contributed by atoms with Crippen LogP contribution in [-0.4, -0.2) is 42.0 Å². The molecule has 4 nitrogen and oxygen atoms in total. The average molecular weight is 353 g/mol. The predicted octanol–water partition coefficient (Wildman–Crippen LogP) is 3.43. The van der Waals surface area contributed by atoms with Gasteiger partial charge in [-0.1, -0.05) is 44.2 Å². The van der Waals surface area contributed by atoms with E-state index in [1.807, 2.05) is 25.3 Å². The summed E-state index contributed by atoms with van der Waals surface area (Å²) >= 11 is 5.22. The standard InChI is InChI=1S/C20H23N3OS/c1-20(2)14-10-6-7-11-15(14)21(3)17(20)13-9-8-12-16-18(24)23(5)19(25)22(16)4/h6-13H,1-5H3/b9-8+,16-12+,17-13+. The van der Waals surface area contributed by atoms with Crippen molar-refractivity contribution in [1.82, 2.24) is 9.80 Å². The molecule has 0 N–H and O–H groups in total. The highest BCUT2D eigenvalue weighted by molar-refractivity contribution is 7.80. The van der Waals surface area contributed by atoms with Crippen LogP contribution in [0.15, 0.2) is 60.0 Å². The lowest BCUT2D eigenvalue weighted by Crippen LogP contribution is -2.26. The largest absolute Gasteiger partial charge is 0.347 e. The Labute approximate surface area is 154 Å². The summed E-state index contributed by atoms with van der Waals surface area (Å²) < 4.78 is 0. The monoisotopic (exact) mass is 353 g/mol. The highest BCUT2D eigenvalue weighted by Crippen LogP contribution is 2.46. The van der Waals surface area contributed by atoms with Crippen LogP contribution in [0.2, 0.25) is 0 Å². The van der Waals surface area contributed by atoms with Crippen molar-refractivity contribution in [2.75, 3.05) is 26.0 Å². The maximum Gasteiger partial charge on any atom is 0.276 e. The first-order chi connectivity index (χ1) is 11.8. The van der Waals surface area contributed by atoms with Crippen LogP contribution in [0, 0.1) is 0 Å². The average Bonchev–Trinajstić information content (AvgIpc) is 2.90. The van der Waals surface area contributed by atoms with E-state index >= 15 is 0 Å². The molecule has 1 saturated heterocycles. The summed E-state index contributed by atoms with van der Waals surface area (Å²) in [6.07, 6.45) is 7.79. The van der Waals surface area contributed by atoms with Crippen LogP contribution in [0.1, 0.15) is 19.4 Å². The molecule has 3 rings (SSSR count). The maximum atomic E-state index is 12.2. The van der Waals surface area contributed by atoms with Crippen molar-refractivity contribution in [2.24, 2.45) is 0 Å². The van der Waals surface area contributed by atoms with Gasteiger partial charge in [0.25, 0.3) is 5.91 Å². The minimum atomic E-state index is -0.0736. The summed E-state index contributed by atoms with van der Waals surface area (Å²) in [5, 5.41) is 0.523. The molecule has 2 aliphatic heterocycles. The van der Waals surface area contributed by atoms with Crippen LogP contribution >= 0.6 is 12.2 Å². The Morgan fingerprint density at radius 3 is 2.20 bits per heavy atom. The molecule has 1 amide bonds. The third-order valence-electron chi connectivity index (χ3n) is 5.02. The van der Waals surface area contributed by atoms with E-state index in [9.17, 15) is 4.79 Å². The number of benzene rings is 1. The molecule has 0 radical (unpaired) electrons. The number of anilines is 1. The summed E-state index contributed by atoms with van der Waals surface area (Å²) in [7, 11) is 5.60. The number of carbonyl (C=O) groups excluding carboxylic acids is 1. The highest BCUT2D eigenvalue weighted by Gasteiger charge is 2.37. The Balaban J connectivity index is 1.86. The zero-order valence-corrected chi connectivity index (χ0v) is 16.1. The van der Waals surface area contributed by atoms with Gasteiger partial charge in [0.2, 0.25) is 0 Å². The number of thiocarbonyl (C=S) groups is 1. The SMILES string of the molecule is CN1C(=O)\C(=C/C=C/C=C2/N(C)c3ccccc3C2(C)C)N(C)C1=S. The van der Waals surface area contributed by atoms with Crippen molar-refractivity contribution in [3.63, 3.8) is 0 Å². The summed E-state index contributed by atoms with van der Waals surface area (Å²) in [5.41, 5.74) is 4.33. The van der Waals surface area contributed by atoms with Crippen molar-refractivity contribution in [1.29, 1.82) is 0 Å². The first-order valence-corrected chi connectivity index (χ1v) is 8.65. The van der Waals surface area contributed by atoms with Crippen molar-refractivity contribution >= 4 is 28.9 Å². The number of rotatable bonds is 2. The van der Waals surface area contributed by atoms with Crippen LogP contribution in [-0.2, 0) is 10.2 Å². The van der Waals surface area contributed by atoms with Crippen molar-refractivity contribution in [3.8, 4) is 0 Å². The van der Waals surface area contributed by atoms with E-state index in [1.165, 1.54) is 21.8 Å². The molecule has 0 atom stereocenters. The molecule has 0 aliphatic carbocycles. The molecular weight excluding hydrogens is 330 g/mol. The fourth-order valence-corrected chi connectivity index (χ4v) is 3.69. The fourth-order valence-electron chi connectivity index (χ4n) is 3.51. The highest BCUT2D eigenvalue weighted by atomic mass is 32.1. The van der Waals surface area contributed by atoms with E-state index in [2.05, 4.69) is 56.1 Å². The molecule has 2 heterocycles. The van der Waals surface area contributed by atoms with E-state index < -0.39 is 0 Å². The second-order valence-corrected chi connectivity index (χ2v) is 7.26. The lowest BCUT2D eigenvalue weighted by molar-refractivity contribution is -0.121. The molecule has 0 spiro atoms. The zero-order chi connectivity index (χ0) is 18.4. The number of hydrogen-bond acceptors (Lipinski definition) is 3. The number of allylic oxidation sites excluding steroid dienone is 5. The Morgan fingerprint density at radius 1 is 0.960 bits per heavy atom. The molecule has 25 heavy (non-hydrogen) atoms. The van der Waals surface area contributed by atoms with Crippen molar-refractivity contribution in [3.05, 3.63) is 65.5 Å². The van der Waals surface area contributed by atoms with E-state index in [4.69, 9.17) is 12.2 Å². The van der Waals surface area contributed by atoms with Crippen molar-refractivity contribution in [2.45, 2.75) is 19.3 Å². The summed E-state index contributed by atoms with van der Waals surface area (Å²) in [5.74, 6) is -0.0736. The molecule has 1 aromatic rings. The van der Waals surface area contributed by atoms with Crippen LogP contribution in [0.5, 0.6) is 0 Å². The van der Waals surface area contributed by atoms with E-state index in [-0.39, 0.29) is 11.3 Å². The minimum absolute atomic E-state index is 0.0510. The van der Waals surface area contributed by atoms with Gasteiger partial charge in [0, 0.05) is 37.9 Å². The van der Waals surface area contributed by atoms with Gasteiger partial charge in [-0.15, -0.1) is 0 Å². The van der Waals surface area contributed by atoms with Gasteiger partial charge < -0.3 is 9.80 Å². The van der Waals surface area contributed by atoms with E-state index in [0.29, 0.717) is 10.8 Å². The van der Waals surface area contributed by atoms with Gasteiger partial charge in [0.05, 0.1) is 0 Å². The number of fused-ring (bicyclic) bond motifs is 1. The van der Waals surface area contributed by atoms with Gasteiger partial charge >= 0.3 is 0 Å². The zero-order valence-electron chi connectivity index (χ0n) is 15.3. The fraction of sp³-hybridized carbons (Fsp3) is 0.300. The molecule has 0 aromatic heterocycles. The Hall–Kier alpha value is -2.40. The molecule has 0 bridgehead atoms. The van der Waals surface area contributed by atoms with Gasteiger partial charge in [0.15, 0.2) is 5.11 Å². The molecule has 2 aliphatic rings. The molecule has 5 heteroatoms. The molecule has 0 saturated carbocycles. The third-order valence-corrected chi connectivity index (χ3v) is 5.57. The van der Waals surface area contributed by atoms with Crippen LogP contribution in [0.25, 0.3) is 0 Å². The Bertz CT molecular complexity index is 835. The van der Waals surface area contributed by atoms with E-state index in [0.717, 1.165) is 0 Å². The van der Waals surface area contributed by atoms with Crippen LogP contribution < -0.4 is 4.90 Å². The van der Waals surface area contributed by atoms with E-state index in [1.54, 1.807) is 11.9 Å². The van der Waals surface area contributed by atoms with Gasteiger partial charge in [-0.25, -0.2) is 0 Å². The van der Waals surface area contributed by atoms with Gasteiger partial charge in [0.1, 0.15) is 5.70 Å². The summed E-state index contributed by atoms with van der Waals surface area (Å²) in [6.45, 7) is 4.46. The maximum absolute atomic E-state index is 12.2. The number of nitrogens with zero attached hydrogens (tertiary/aromatic N) is 3. The quantitative estimate of drug-likeness (QED) is 0.601. The number of carbonyl (C=O) groups is 1. The first-order valence-electron chi connectivity index (χ1n) is 8.25. The normalized spacial score (nSPS) is 22.8. The molecule has 130 valence electrons. The third kappa shape index (κ3) is 2.68. The topological polar surface area (TPSA) is 26.8 Å². The molecule has 1 fully saturated rings. The lowest BCUT2D eigenvalue weighted by Gasteiger charge is -2.23. The summed E-state index contributed by atoms with van der Waals surface area (Å²) in [4.78, 5) is 17.6. The number of para-hydroxylation sites is 1. The lowest BCUT2D eigenvalue weighted by atomic mass is 9.84. The predicted molar refractivity (Wildman–Crippen MR) is 106 cm³/mol. The number of amides is 1. The van der Waals surface area contributed by atoms with Crippen LogP contribution in [0.3, 0.4) is 0 Å². The van der Waals surface area contributed by atoms with Gasteiger partial charge in [-0.2, -0.15) is 0 Å². The first kappa shape index (κ1) is 17.4. The summed E-state index contributed by atoms with van der Waals surface area (Å²) in [6, 6.07) is 8.47. The molecule has 0 unspecified atom stereocenters. The molecular formula is C20H23N3OS. The number of likely N-dealkylation sites (N-methyl/N-ethyl adjacent to an activating group) is 3. The van der Waals surface area contributed by atoms with Gasteiger partial charge in [-0.05, 0) is 36.0 Å². The van der Waals surface area contributed by atoms with Gasteiger partial charge in [-0.3, -0.25) is 9.69 Å². The minimum Gasteiger partial charge on any atom is -0.347 e. The van der Waals surface area contributed by atoms with Crippen LogP contribution in [0.4, 0.5) is 5.69 Å². The molecule has 1 aromatic carbocycles. The smallest absolute Gasteiger partial charge is 0.276 e. The van der Waals surface area contributed by atoms with Crippen molar-refractivity contribution < 1.29 is 4.79 Å². The second-order valence-electron chi connectivity index (χ2n) is 6.90. The Kier molecular flexibility index (Phi) is 4.29. The number of hydrogen-bond donors (Lipinski definition) is 0.